The number of nitrogens with zero attached hydrogens (tertiary/aromatic N) is 2. The molecule has 3 aromatic rings. The Morgan fingerprint density at radius 2 is 1.55 bits per heavy atom. The van der Waals surface area contributed by atoms with Crippen molar-refractivity contribution in [3.8, 4) is 0 Å². The van der Waals surface area contributed by atoms with E-state index in [4.69, 9.17) is 14.0 Å². The number of nitrogens with one attached hydrogen (secondary N) is 3. The first-order chi connectivity index (χ1) is 24.6. The molecule has 2 aliphatic heterocycles. The molecule has 3 N–H and O–H groups in total. The number of hydrogen-bond acceptors (Lipinski definition) is 10. The van der Waals surface area contributed by atoms with Gasteiger partial charge < -0.3 is 29.9 Å². The first-order valence-corrected chi connectivity index (χ1v) is 18.7. The van der Waals surface area contributed by atoms with E-state index < -0.39 is 40.8 Å². The number of hydrogen-bond donors (Lipinski definition) is 3. The van der Waals surface area contributed by atoms with Gasteiger partial charge in [-0.1, -0.05) is 79.7 Å². The van der Waals surface area contributed by atoms with Gasteiger partial charge >= 0.3 is 0 Å². The van der Waals surface area contributed by atoms with Gasteiger partial charge in [0, 0.05) is 25.6 Å². The second kappa shape index (κ2) is 18.5. The van der Waals surface area contributed by atoms with E-state index in [9.17, 15) is 19.2 Å². The Kier molecular flexibility index (Phi) is 13.8. The number of ketones is 1. The second-order valence-corrected chi connectivity index (χ2v) is 14.8. The molecule has 0 saturated carbocycles. The minimum absolute atomic E-state index is 0.0632. The third-order valence-electron chi connectivity index (χ3n) is 9.01. The largest absolute Gasteiger partial charge is 0.379 e. The summed E-state index contributed by atoms with van der Waals surface area (Å²) in [5, 5.41) is 11.6. The van der Waals surface area contributed by atoms with Crippen LogP contribution >= 0.6 is 11.8 Å². The molecule has 4 atom stereocenters. The molecule has 2 fully saturated rings. The first-order valence-electron chi connectivity index (χ1n) is 17.6. The number of ether oxygens (including phenoxy) is 2. The Morgan fingerprint density at radius 1 is 0.882 bits per heavy atom. The summed E-state index contributed by atoms with van der Waals surface area (Å²) in [5.41, 5.74) is 0.968. The van der Waals surface area contributed by atoms with Gasteiger partial charge in [0.05, 0.1) is 32.4 Å². The Balaban J connectivity index is 1.31. The molecule has 0 aliphatic carbocycles. The van der Waals surface area contributed by atoms with Gasteiger partial charge in [-0.3, -0.25) is 24.1 Å². The standard InChI is InChI=1S/C38H49N5O7S/c1-26(2)25-51-37(36(47)40-31(22-28-12-8-5-9-13-28)33(44)38(3)16-19-49-38)41-34(45)30(15-14-27-10-6-4-7-11-27)39-35(46)32-23-29(50-42-32)24-43-17-20-48-21-18-43/h4-13,23,26,30-31,37H,14-22,24-25H2,1-3H3,(H,39,46)(H,40,47)(H,41,45)/t30-,31-,37?,38+/m0/s1. The highest BCUT2D eigenvalue weighted by Crippen LogP contribution is 2.29. The fourth-order valence-corrected chi connectivity index (χ4v) is 6.91. The number of Topliss-reactive ketones (excluding diaryl/α,β-unsaturated/α-hetero) is 1. The quantitative estimate of drug-likeness (QED) is 0.167. The lowest BCUT2D eigenvalue weighted by atomic mass is 9.85. The van der Waals surface area contributed by atoms with Gasteiger partial charge in [-0.25, -0.2) is 0 Å². The lowest BCUT2D eigenvalue weighted by Crippen LogP contribution is -2.60. The smallest absolute Gasteiger partial charge is 0.274 e. The van der Waals surface area contributed by atoms with Crippen LogP contribution < -0.4 is 16.0 Å². The van der Waals surface area contributed by atoms with E-state index in [2.05, 4.69) is 26.0 Å². The topological polar surface area (TPSA) is 152 Å². The lowest BCUT2D eigenvalue weighted by Gasteiger charge is -2.39. The fraction of sp³-hybridized carbons (Fsp3) is 0.500. The zero-order chi connectivity index (χ0) is 36.2. The van der Waals surface area contributed by atoms with E-state index in [0.717, 1.165) is 24.2 Å². The monoisotopic (exact) mass is 719 g/mol. The summed E-state index contributed by atoms with van der Waals surface area (Å²) >= 11 is 1.28. The predicted molar refractivity (Wildman–Crippen MR) is 194 cm³/mol. The van der Waals surface area contributed by atoms with Crippen LogP contribution in [0.5, 0.6) is 0 Å². The van der Waals surface area contributed by atoms with Crippen LogP contribution in [0.3, 0.4) is 0 Å². The molecule has 51 heavy (non-hydrogen) atoms. The Labute approximate surface area is 303 Å². The first kappa shape index (κ1) is 38.2. The number of amides is 3. The van der Waals surface area contributed by atoms with Gasteiger partial charge in [-0.2, -0.15) is 0 Å². The molecule has 0 spiro atoms. The number of morpholine rings is 1. The van der Waals surface area contributed by atoms with Crippen LogP contribution in [0.1, 0.15) is 61.0 Å². The van der Waals surface area contributed by atoms with Crippen LogP contribution in [-0.2, 0) is 43.2 Å². The SMILES string of the molecule is CC(C)CSC(NC(=O)[C@H](CCc1ccccc1)NC(=O)c1cc(CN2CCOCC2)on1)C(=O)N[C@@H](Cc1ccccc1)C(=O)[C@@]1(C)CCO1. The third-order valence-corrected chi connectivity index (χ3v) is 10.5. The normalized spacial score (nSPS) is 19.4. The van der Waals surface area contributed by atoms with Crippen molar-refractivity contribution in [3.63, 3.8) is 0 Å². The summed E-state index contributed by atoms with van der Waals surface area (Å²) in [6.45, 7) is 9.53. The minimum Gasteiger partial charge on any atom is -0.379 e. The summed E-state index contributed by atoms with van der Waals surface area (Å²) in [5.74, 6) is -0.454. The second-order valence-electron chi connectivity index (χ2n) is 13.7. The van der Waals surface area contributed by atoms with Crippen molar-refractivity contribution in [2.45, 2.75) is 76.1 Å². The van der Waals surface area contributed by atoms with Gasteiger partial charge in [0.25, 0.3) is 11.8 Å². The molecule has 3 amide bonds. The van der Waals surface area contributed by atoms with Gasteiger partial charge in [0.2, 0.25) is 5.91 Å². The molecular weight excluding hydrogens is 671 g/mol. The fourth-order valence-electron chi connectivity index (χ4n) is 5.91. The average molecular weight is 720 g/mol. The molecule has 1 unspecified atom stereocenters. The lowest BCUT2D eigenvalue weighted by molar-refractivity contribution is -0.171. The molecule has 12 nitrogen and oxygen atoms in total. The zero-order valence-electron chi connectivity index (χ0n) is 29.6. The highest BCUT2D eigenvalue weighted by molar-refractivity contribution is 8.00. The van der Waals surface area contributed by atoms with Crippen LogP contribution in [0.15, 0.2) is 71.3 Å². The summed E-state index contributed by atoms with van der Waals surface area (Å²) in [6.07, 6.45) is 1.62. The maximum Gasteiger partial charge on any atom is 0.274 e. The minimum atomic E-state index is -1.02. The Bertz CT molecular complexity index is 1590. The molecule has 0 bridgehead atoms. The van der Waals surface area contributed by atoms with E-state index in [-0.39, 0.29) is 30.2 Å². The highest BCUT2D eigenvalue weighted by atomic mass is 32.2. The summed E-state index contributed by atoms with van der Waals surface area (Å²) in [7, 11) is 0. The van der Waals surface area contributed by atoms with Crippen LogP contribution in [0, 0.1) is 5.92 Å². The summed E-state index contributed by atoms with van der Waals surface area (Å²) in [4.78, 5) is 57.3. The number of benzene rings is 2. The van der Waals surface area contributed by atoms with Crippen molar-refractivity contribution in [1.82, 2.24) is 26.0 Å². The van der Waals surface area contributed by atoms with Crippen LogP contribution in [0.25, 0.3) is 0 Å². The van der Waals surface area contributed by atoms with Crippen molar-refractivity contribution in [2.24, 2.45) is 5.92 Å². The van der Waals surface area contributed by atoms with Crippen molar-refractivity contribution >= 4 is 35.3 Å². The maximum atomic E-state index is 14.0. The number of thioether (sulfide) groups is 1. The third kappa shape index (κ3) is 11.2. The molecule has 13 heteroatoms. The summed E-state index contributed by atoms with van der Waals surface area (Å²) in [6, 6.07) is 18.9. The molecule has 3 heterocycles. The number of carbonyl (C=O) groups excluding carboxylic acids is 4. The Hall–Kier alpha value is -4.04. The van der Waals surface area contributed by atoms with Crippen molar-refractivity contribution in [1.29, 1.82) is 0 Å². The van der Waals surface area contributed by atoms with E-state index >= 15 is 0 Å². The maximum absolute atomic E-state index is 14.0. The zero-order valence-corrected chi connectivity index (χ0v) is 30.4. The van der Waals surface area contributed by atoms with Gasteiger partial charge in [-0.05, 0) is 49.0 Å². The van der Waals surface area contributed by atoms with Gasteiger partial charge in [0.1, 0.15) is 11.6 Å². The number of carbonyl (C=O) groups is 4. The molecule has 1 aromatic heterocycles. The molecule has 274 valence electrons. The summed E-state index contributed by atoms with van der Waals surface area (Å²) < 4.78 is 16.5. The van der Waals surface area contributed by atoms with E-state index in [0.29, 0.717) is 50.7 Å². The van der Waals surface area contributed by atoms with Crippen molar-refractivity contribution in [2.75, 3.05) is 38.7 Å². The molecule has 5 rings (SSSR count). The van der Waals surface area contributed by atoms with Crippen LogP contribution in [0.4, 0.5) is 0 Å². The highest BCUT2D eigenvalue weighted by Gasteiger charge is 2.45. The van der Waals surface area contributed by atoms with Gasteiger partial charge in [-0.15, -0.1) is 11.8 Å². The number of aryl methyl sites for hydroxylation is 1. The van der Waals surface area contributed by atoms with Crippen LogP contribution in [-0.4, -0.2) is 95.3 Å². The van der Waals surface area contributed by atoms with Crippen molar-refractivity contribution < 1.29 is 33.2 Å². The molecule has 2 saturated heterocycles. The Morgan fingerprint density at radius 3 is 2.18 bits per heavy atom. The molecule has 0 radical (unpaired) electrons. The average Bonchev–Trinajstić information content (AvgIpc) is 3.59. The molecular formula is C38H49N5O7S. The van der Waals surface area contributed by atoms with Gasteiger partial charge in [0.15, 0.2) is 22.6 Å². The molecule has 2 aromatic carbocycles. The van der Waals surface area contributed by atoms with Crippen LogP contribution in [0.2, 0.25) is 0 Å². The predicted octanol–water partition coefficient (Wildman–Crippen LogP) is 3.55. The number of rotatable bonds is 18. The number of aromatic nitrogens is 1. The van der Waals surface area contributed by atoms with E-state index in [1.165, 1.54) is 11.8 Å². The molecule has 2 aliphatic rings. The van der Waals surface area contributed by atoms with E-state index in [1.54, 1.807) is 13.0 Å². The van der Waals surface area contributed by atoms with E-state index in [1.807, 2.05) is 74.5 Å². The van der Waals surface area contributed by atoms with Crippen molar-refractivity contribution in [3.05, 3.63) is 89.3 Å².